The average molecular weight is 438 g/mol. The Bertz CT molecular complexity index is 788. The summed E-state index contributed by atoms with van der Waals surface area (Å²) in [7, 11) is 0. The summed E-state index contributed by atoms with van der Waals surface area (Å²) in [4.78, 5) is 39.6. The van der Waals surface area contributed by atoms with Gasteiger partial charge in [-0.1, -0.05) is 6.07 Å². The summed E-state index contributed by atoms with van der Waals surface area (Å²) in [5, 5.41) is 24.7. The number of hydrogen-bond donors (Lipinski definition) is 4. The molecule has 0 saturated heterocycles. The zero-order valence-electron chi connectivity index (χ0n) is 19.4. The van der Waals surface area contributed by atoms with Crippen LogP contribution in [0.1, 0.15) is 58.7 Å². The van der Waals surface area contributed by atoms with E-state index in [0.29, 0.717) is 11.1 Å². The van der Waals surface area contributed by atoms with Crippen molar-refractivity contribution in [3.05, 3.63) is 29.3 Å². The van der Waals surface area contributed by atoms with E-state index in [0.717, 1.165) is 0 Å². The van der Waals surface area contributed by atoms with Gasteiger partial charge in [-0.2, -0.15) is 0 Å². The molecule has 0 fully saturated rings. The third-order valence-corrected chi connectivity index (χ3v) is 4.26. The van der Waals surface area contributed by atoms with Crippen LogP contribution in [0.15, 0.2) is 18.2 Å². The van der Waals surface area contributed by atoms with Crippen LogP contribution in [0.4, 0.5) is 4.79 Å². The van der Waals surface area contributed by atoms with Crippen LogP contribution < -0.4 is 10.6 Å². The van der Waals surface area contributed by atoms with Crippen molar-refractivity contribution >= 4 is 17.9 Å². The van der Waals surface area contributed by atoms with E-state index >= 15 is 0 Å². The molecule has 9 heteroatoms. The predicted molar refractivity (Wildman–Crippen MR) is 116 cm³/mol. The van der Waals surface area contributed by atoms with Gasteiger partial charge in [0.2, 0.25) is 11.8 Å². The molecule has 3 amide bonds. The molecule has 0 saturated carbocycles. The minimum Gasteiger partial charge on any atom is -0.508 e. The number of carbonyl (C=O) groups excluding carboxylic acids is 3. The number of aliphatic hydroxyl groups excluding tert-OH is 1. The lowest BCUT2D eigenvalue weighted by molar-refractivity contribution is -0.143. The Morgan fingerprint density at radius 3 is 2.23 bits per heavy atom. The molecule has 0 heterocycles. The number of carbonyl (C=O) groups is 3. The lowest BCUT2D eigenvalue weighted by Gasteiger charge is -2.33. The third-order valence-electron chi connectivity index (χ3n) is 4.26. The number of nitrogens with zero attached hydrogens (tertiary/aromatic N) is 1. The molecule has 0 aliphatic heterocycles. The molecular weight excluding hydrogens is 402 g/mol. The van der Waals surface area contributed by atoms with Crippen molar-refractivity contribution in [3.8, 4) is 5.75 Å². The highest BCUT2D eigenvalue weighted by molar-refractivity contribution is 5.92. The van der Waals surface area contributed by atoms with E-state index in [4.69, 9.17) is 4.74 Å². The molecule has 1 rings (SSSR count). The quantitative estimate of drug-likeness (QED) is 0.492. The lowest BCUT2D eigenvalue weighted by Crippen LogP contribution is -2.53. The highest BCUT2D eigenvalue weighted by Gasteiger charge is 2.34. The van der Waals surface area contributed by atoms with E-state index in [9.17, 15) is 24.6 Å². The molecule has 2 atom stereocenters. The number of benzene rings is 1. The van der Waals surface area contributed by atoms with Crippen molar-refractivity contribution in [1.82, 2.24) is 15.5 Å². The van der Waals surface area contributed by atoms with Crippen LogP contribution in [0.5, 0.6) is 5.75 Å². The van der Waals surface area contributed by atoms with Crippen molar-refractivity contribution < 1.29 is 29.3 Å². The fourth-order valence-electron chi connectivity index (χ4n) is 2.95. The average Bonchev–Trinajstić information content (AvgIpc) is 2.61. The first kappa shape index (κ1) is 26.2. The van der Waals surface area contributed by atoms with Crippen LogP contribution in [0.25, 0.3) is 0 Å². The van der Waals surface area contributed by atoms with Gasteiger partial charge in [-0.3, -0.25) is 9.59 Å². The Labute approximate surface area is 183 Å². The zero-order chi connectivity index (χ0) is 23.9. The Hall–Kier alpha value is -2.81. The number of aromatic hydroxyl groups is 1. The van der Waals surface area contributed by atoms with Crippen molar-refractivity contribution in [2.24, 2.45) is 0 Å². The van der Waals surface area contributed by atoms with Crippen LogP contribution in [0, 0.1) is 6.92 Å². The maximum atomic E-state index is 13.2. The summed E-state index contributed by atoms with van der Waals surface area (Å²) in [5.41, 5.74) is 0.275. The molecule has 2 unspecified atom stereocenters. The molecule has 0 bridgehead atoms. The second kappa shape index (κ2) is 11.0. The number of alkyl carbamates (subject to hydrolysis) is 1. The van der Waals surface area contributed by atoms with Crippen molar-refractivity contribution in [2.45, 2.75) is 72.2 Å². The lowest BCUT2D eigenvalue weighted by atomic mass is 10.00. The van der Waals surface area contributed by atoms with Crippen molar-refractivity contribution in [3.63, 3.8) is 0 Å². The van der Waals surface area contributed by atoms with Crippen LogP contribution >= 0.6 is 0 Å². The Morgan fingerprint density at radius 2 is 1.74 bits per heavy atom. The molecule has 0 aliphatic carbocycles. The fraction of sp³-hybridized carbons (Fsp3) is 0.591. The second-order valence-electron chi connectivity index (χ2n) is 8.73. The van der Waals surface area contributed by atoms with Crippen LogP contribution in [-0.2, 0) is 14.3 Å². The molecular formula is C22H35N3O6. The van der Waals surface area contributed by atoms with Gasteiger partial charge in [0.25, 0.3) is 0 Å². The second-order valence-corrected chi connectivity index (χ2v) is 8.73. The zero-order valence-corrected chi connectivity index (χ0v) is 19.4. The van der Waals surface area contributed by atoms with Crippen molar-refractivity contribution in [2.75, 3.05) is 13.2 Å². The molecule has 4 N–H and O–H groups in total. The van der Waals surface area contributed by atoms with E-state index in [1.165, 1.54) is 17.9 Å². The van der Waals surface area contributed by atoms with Gasteiger partial charge < -0.3 is 30.5 Å². The van der Waals surface area contributed by atoms with Crippen LogP contribution in [0.2, 0.25) is 0 Å². The molecule has 0 spiro atoms. The third kappa shape index (κ3) is 8.09. The number of ether oxygens (including phenoxy) is 1. The molecule has 0 radical (unpaired) electrons. The Kier molecular flexibility index (Phi) is 9.30. The number of phenols is 1. The number of aliphatic hydroxyl groups is 1. The number of aryl methyl sites for hydroxylation is 1. The smallest absolute Gasteiger partial charge is 0.408 e. The summed E-state index contributed by atoms with van der Waals surface area (Å²) in [6.45, 7) is 11.4. The normalized spacial score (nSPS) is 13.3. The minimum absolute atomic E-state index is 0.0618. The molecule has 174 valence electrons. The number of phenolic OH excluding ortho intramolecular Hbond substituents is 1. The molecule has 9 nitrogen and oxygen atoms in total. The maximum Gasteiger partial charge on any atom is 0.408 e. The first-order valence-electron chi connectivity index (χ1n) is 10.3. The van der Waals surface area contributed by atoms with E-state index in [2.05, 4.69) is 10.6 Å². The van der Waals surface area contributed by atoms with Gasteiger partial charge in [0.1, 0.15) is 23.4 Å². The Balaban J connectivity index is 3.27. The number of amides is 3. The van der Waals surface area contributed by atoms with Crippen molar-refractivity contribution in [1.29, 1.82) is 0 Å². The molecule has 31 heavy (non-hydrogen) atoms. The first-order valence-corrected chi connectivity index (χ1v) is 10.3. The van der Waals surface area contributed by atoms with Gasteiger partial charge in [0.15, 0.2) is 0 Å². The minimum atomic E-state index is -1.07. The molecule has 0 aliphatic rings. The summed E-state index contributed by atoms with van der Waals surface area (Å²) < 4.78 is 5.20. The highest BCUT2D eigenvalue weighted by Crippen LogP contribution is 2.27. The largest absolute Gasteiger partial charge is 0.508 e. The van der Waals surface area contributed by atoms with Gasteiger partial charge >= 0.3 is 6.09 Å². The summed E-state index contributed by atoms with van der Waals surface area (Å²) >= 11 is 0. The summed E-state index contributed by atoms with van der Waals surface area (Å²) in [6, 6.07) is 2.36. The van der Waals surface area contributed by atoms with Gasteiger partial charge in [-0.25, -0.2) is 4.79 Å². The predicted octanol–water partition coefficient (Wildman–Crippen LogP) is 2.00. The van der Waals surface area contributed by atoms with E-state index in [-0.39, 0.29) is 24.9 Å². The molecule has 1 aromatic rings. The molecule has 1 aromatic carbocycles. The van der Waals surface area contributed by atoms with Crippen LogP contribution in [0.3, 0.4) is 0 Å². The number of rotatable bonds is 8. The van der Waals surface area contributed by atoms with E-state index in [1.54, 1.807) is 53.7 Å². The standard InChI is InChI=1S/C22H35N3O6/c1-13(2)23-19(28)18(16-8-9-17(27)14(3)12-16)25(10-11-26)20(29)15(4)24-21(30)31-22(5,6)7/h8-9,12-13,15,18,26-27H,10-11H2,1-7H3,(H,23,28)(H,24,30). The SMILES string of the molecule is Cc1cc(C(C(=O)NC(C)C)N(CCO)C(=O)C(C)NC(=O)OC(C)(C)C)ccc1O. The van der Waals surface area contributed by atoms with Gasteiger partial charge in [0, 0.05) is 12.6 Å². The first-order chi connectivity index (χ1) is 14.3. The monoisotopic (exact) mass is 437 g/mol. The molecule has 0 aromatic heterocycles. The summed E-state index contributed by atoms with van der Waals surface area (Å²) in [5.74, 6) is -0.937. The number of nitrogens with one attached hydrogen (secondary N) is 2. The van der Waals surface area contributed by atoms with E-state index < -0.39 is 35.6 Å². The van der Waals surface area contributed by atoms with Gasteiger partial charge in [-0.05, 0) is 71.7 Å². The van der Waals surface area contributed by atoms with Gasteiger partial charge in [0.05, 0.1) is 6.61 Å². The van der Waals surface area contributed by atoms with E-state index in [1.807, 2.05) is 0 Å². The fourth-order valence-corrected chi connectivity index (χ4v) is 2.95. The summed E-state index contributed by atoms with van der Waals surface area (Å²) in [6.07, 6.45) is -0.763. The highest BCUT2D eigenvalue weighted by atomic mass is 16.6. The maximum absolute atomic E-state index is 13.2. The van der Waals surface area contributed by atoms with Crippen LogP contribution in [-0.4, -0.2) is 63.9 Å². The topological polar surface area (TPSA) is 128 Å². The van der Waals surface area contributed by atoms with Gasteiger partial charge in [-0.15, -0.1) is 0 Å². The number of hydrogen-bond acceptors (Lipinski definition) is 6. The Morgan fingerprint density at radius 1 is 1.13 bits per heavy atom.